The maximum atomic E-state index is 10.9. The summed E-state index contributed by atoms with van der Waals surface area (Å²) in [6, 6.07) is 1.27. The average Bonchev–Trinajstić information content (AvgIpc) is 1.94. The molecule has 0 aliphatic heterocycles. The van der Waals surface area contributed by atoms with Crippen LogP contribution in [-0.4, -0.2) is 15.6 Å². The van der Waals surface area contributed by atoms with Crippen molar-refractivity contribution < 1.29 is 4.79 Å². The predicted octanol–water partition coefficient (Wildman–Crippen LogP) is -0.0171. The molecule has 1 heterocycles. The summed E-state index contributed by atoms with van der Waals surface area (Å²) < 4.78 is 1.17. The zero-order valence-corrected chi connectivity index (χ0v) is 6.37. The molecular weight excluding hydrogens is 144 g/mol. The van der Waals surface area contributed by atoms with Gasteiger partial charge in [-0.1, -0.05) is 0 Å². The van der Waals surface area contributed by atoms with Crippen LogP contribution < -0.4 is 5.56 Å². The Kier molecular flexibility index (Phi) is 1.85. The molecule has 0 fully saturated rings. The number of carbonyl (C=O) groups is 1. The molecule has 0 aliphatic rings. The molecule has 0 N–H and O–H groups in total. The molecule has 1 rings (SSSR count). The molecule has 58 valence electrons. The van der Waals surface area contributed by atoms with Gasteiger partial charge < -0.3 is 0 Å². The first kappa shape index (κ1) is 7.65. The Morgan fingerprint density at radius 1 is 1.64 bits per heavy atom. The van der Waals surface area contributed by atoms with Crippen LogP contribution in [0, 0.1) is 0 Å². The van der Waals surface area contributed by atoms with Crippen LogP contribution in [-0.2, 0) is 7.05 Å². The third-order valence-electron chi connectivity index (χ3n) is 1.37. The van der Waals surface area contributed by atoms with Crippen LogP contribution in [0.3, 0.4) is 0 Å². The summed E-state index contributed by atoms with van der Waals surface area (Å²) in [5, 5.41) is 3.68. The minimum absolute atomic E-state index is 0.143. The topological polar surface area (TPSA) is 52.0 Å². The van der Waals surface area contributed by atoms with E-state index in [1.807, 2.05) is 0 Å². The Labute approximate surface area is 63.5 Å². The van der Waals surface area contributed by atoms with Gasteiger partial charge >= 0.3 is 0 Å². The molecule has 0 aromatic carbocycles. The van der Waals surface area contributed by atoms with Gasteiger partial charge in [0.2, 0.25) is 0 Å². The largest absolute Gasteiger partial charge is 0.294 e. The summed E-state index contributed by atoms with van der Waals surface area (Å²) >= 11 is 0. The summed E-state index contributed by atoms with van der Waals surface area (Å²) in [5.41, 5.74) is 0.0887. The lowest BCUT2D eigenvalue weighted by atomic mass is 10.2. The zero-order valence-electron chi connectivity index (χ0n) is 6.37. The molecule has 0 saturated carbocycles. The third kappa shape index (κ3) is 1.52. The highest BCUT2D eigenvalue weighted by Gasteiger charge is 2.00. The second kappa shape index (κ2) is 2.65. The smallest absolute Gasteiger partial charge is 0.267 e. The summed E-state index contributed by atoms with van der Waals surface area (Å²) in [6.45, 7) is 1.40. The summed E-state index contributed by atoms with van der Waals surface area (Å²) in [7, 11) is 1.53. The Bertz CT molecular complexity index is 341. The van der Waals surface area contributed by atoms with Crippen LogP contribution in [0.15, 0.2) is 17.1 Å². The van der Waals surface area contributed by atoms with E-state index < -0.39 is 0 Å². The molecule has 0 amide bonds. The molecule has 0 radical (unpaired) electrons. The minimum Gasteiger partial charge on any atom is -0.294 e. The zero-order chi connectivity index (χ0) is 8.43. The highest BCUT2D eigenvalue weighted by Crippen LogP contribution is 1.91. The van der Waals surface area contributed by atoms with Gasteiger partial charge in [-0.25, -0.2) is 4.68 Å². The molecule has 0 bridgehead atoms. The van der Waals surface area contributed by atoms with E-state index in [9.17, 15) is 9.59 Å². The Hall–Kier alpha value is -1.45. The third-order valence-corrected chi connectivity index (χ3v) is 1.37. The standard InChI is InChI=1S/C7H8N2O2/c1-5(10)6-3-7(11)9(2)8-4-6/h3-4H,1-2H3. The number of aromatic nitrogens is 2. The number of ketones is 1. The van der Waals surface area contributed by atoms with Gasteiger partial charge in [-0.2, -0.15) is 5.10 Å². The van der Waals surface area contributed by atoms with Gasteiger partial charge in [0.05, 0.1) is 6.20 Å². The fraction of sp³-hybridized carbons (Fsp3) is 0.286. The molecule has 1 aromatic rings. The molecule has 0 saturated heterocycles. The van der Waals surface area contributed by atoms with Gasteiger partial charge in [0.15, 0.2) is 5.78 Å². The van der Waals surface area contributed by atoms with Crippen molar-refractivity contribution in [2.24, 2.45) is 7.05 Å². The summed E-state index contributed by atoms with van der Waals surface area (Å²) in [5.74, 6) is -0.143. The van der Waals surface area contributed by atoms with Crippen LogP contribution >= 0.6 is 0 Å². The molecule has 0 aliphatic carbocycles. The molecule has 4 heteroatoms. The SMILES string of the molecule is CC(=O)c1cnn(C)c(=O)c1. The number of aryl methyl sites for hydroxylation is 1. The Morgan fingerprint density at radius 3 is 2.73 bits per heavy atom. The lowest BCUT2D eigenvalue weighted by Crippen LogP contribution is -2.19. The molecule has 4 nitrogen and oxygen atoms in total. The second-order valence-electron chi connectivity index (χ2n) is 2.26. The first-order valence-electron chi connectivity index (χ1n) is 3.15. The average molecular weight is 152 g/mol. The van der Waals surface area contributed by atoms with E-state index in [-0.39, 0.29) is 11.3 Å². The van der Waals surface area contributed by atoms with Gasteiger partial charge in [0, 0.05) is 18.7 Å². The van der Waals surface area contributed by atoms with Gasteiger partial charge in [0.1, 0.15) is 0 Å². The fourth-order valence-corrected chi connectivity index (χ4v) is 0.662. The van der Waals surface area contributed by atoms with Crippen LogP contribution in [0.25, 0.3) is 0 Å². The van der Waals surface area contributed by atoms with Gasteiger partial charge in [-0.15, -0.1) is 0 Å². The normalized spacial score (nSPS) is 9.64. The van der Waals surface area contributed by atoms with Crippen LogP contribution in [0.1, 0.15) is 17.3 Å². The van der Waals surface area contributed by atoms with E-state index in [0.717, 1.165) is 0 Å². The molecule has 0 atom stereocenters. The van der Waals surface area contributed by atoms with Gasteiger partial charge in [0.25, 0.3) is 5.56 Å². The lowest BCUT2D eigenvalue weighted by molar-refractivity contribution is 0.101. The van der Waals surface area contributed by atoms with E-state index in [2.05, 4.69) is 5.10 Å². The number of hydrogen-bond acceptors (Lipinski definition) is 3. The van der Waals surface area contributed by atoms with E-state index >= 15 is 0 Å². The van der Waals surface area contributed by atoms with Gasteiger partial charge in [-0.05, 0) is 6.92 Å². The number of nitrogens with zero attached hydrogens (tertiary/aromatic N) is 2. The van der Waals surface area contributed by atoms with Crippen LogP contribution in [0.5, 0.6) is 0 Å². The van der Waals surface area contributed by atoms with Crippen molar-refractivity contribution in [2.75, 3.05) is 0 Å². The highest BCUT2D eigenvalue weighted by atomic mass is 16.1. The Morgan fingerprint density at radius 2 is 2.27 bits per heavy atom. The molecule has 1 aromatic heterocycles. The summed E-state index contributed by atoms with van der Waals surface area (Å²) in [6.07, 6.45) is 1.38. The predicted molar refractivity (Wildman–Crippen MR) is 39.5 cm³/mol. The van der Waals surface area contributed by atoms with E-state index in [0.29, 0.717) is 5.56 Å². The van der Waals surface area contributed by atoms with Crippen LogP contribution in [0.2, 0.25) is 0 Å². The molecule has 11 heavy (non-hydrogen) atoms. The monoisotopic (exact) mass is 152 g/mol. The number of rotatable bonds is 1. The lowest BCUT2D eigenvalue weighted by Gasteiger charge is -1.95. The van der Waals surface area contributed by atoms with Crippen molar-refractivity contribution in [1.29, 1.82) is 0 Å². The van der Waals surface area contributed by atoms with Crippen molar-refractivity contribution in [3.63, 3.8) is 0 Å². The van der Waals surface area contributed by atoms with Crippen molar-refractivity contribution >= 4 is 5.78 Å². The molecular formula is C7H8N2O2. The van der Waals surface area contributed by atoms with Crippen LogP contribution in [0.4, 0.5) is 0 Å². The number of hydrogen-bond donors (Lipinski definition) is 0. The second-order valence-corrected chi connectivity index (χ2v) is 2.26. The fourth-order valence-electron chi connectivity index (χ4n) is 0.662. The Balaban J connectivity index is 3.26. The van der Waals surface area contributed by atoms with E-state index in [1.54, 1.807) is 0 Å². The molecule has 0 unspecified atom stereocenters. The van der Waals surface area contributed by atoms with E-state index in [4.69, 9.17) is 0 Å². The van der Waals surface area contributed by atoms with Crippen molar-refractivity contribution in [3.8, 4) is 0 Å². The summed E-state index contributed by atoms with van der Waals surface area (Å²) in [4.78, 5) is 21.6. The van der Waals surface area contributed by atoms with Crippen molar-refractivity contribution in [2.45, 2.75) is 6.92 Å². The maximum absolute atomic E-state index is 10.9. The number of Topliss-reactive ketones (excluding diaryl/α,β-unsaturated/α-hetero) is 1. The number of carbonyl (C=O) groups excluding carboxylic acids is 1. The van der Waals surface area contributed by atoms with Gasteiger partial charge in [-0.3, -0.25) is 9.59 Å². The maximum Gasteiger partial charge on any atom is 0.267 e. The first-order valence-corrected chi connectivity index (χ1v) is 3.15. The van der Waals surface area contributed by atoms with Crippen molar-refractivity contribution in [1.82, 2.24) is 9.78 Å². The van der Waals surface area contributed by atoms with E-state index in [1.165, 1.54) is 30.9 Å². The first-order chi connectivity index (χ1) is 5.11. The highest BCUT2D eigenvalue weighted by molar-refractivity contribution is 5.93. The minimum atomic E-state index is -0.266. The molecule has 0 spiro atoms. The van der Waals surface area contributed by atoms with Crippen molar-refractivity contribution in [3.05, 3.63) is 28.2 Å². The quantitative estimate of drug-likeness (QED) is 0.531.